The number of benzene rings is 1. The SMILES string of the molecule is COc1cc(F)c(Cl)c(C(O)CCN)c1. The fourth-order valence-corrected chi connectivity index (χ4v) is 1.49. The van der Waals surface area contributed by atoms with Crippen molar-refractivity contribution in [3.8, 4) is 5.75 Å². The second-order valence-electron chi connectivity index (χ2n) is 3.11. The highest BCUT2D eigenvalue weighted by Crippen LogP contribution is 2.31. The zero-order valence-corrected chi connectivity index (χ0v) is 9.09. The first-order valence-electron chi connectivity index (χ1n) is 4.51. The molecule has 1 aromatic rings. The third-order valence-corrected chi connectivity index (χ3v) is 2.46. The zero-order chi connectivity index (χ0) is 11.4. The van der Waals surface area contributed by atoms with E-state index in [-0.39, 0.29) is 5.02 Å². The van der Waals surface area contributed by atoms with E-state index in [1.165, 1.54) is 19.2 Å². The van der Waals surface area contributed by atoms with Gasteiger partial charge in [-0.25, -0.2) is 4.39 Å². The minimum Gasteiger partial charge on any atom is -0.497 e. The molecule has 1 unspecified atom stereocenters. The Balaban J connectivity index is 3.09. The van der Waals surface area contributed by atoms with Crippen LogP contribution in [-0.2, 0) is 0 Å². The summed E-state index contributed by atoms with van der Waals surface area (Å²) < 4.78 is 18.2. The molecule has 0 aromatic heterocycles. The molecular weight excluding hydrogens is 221 g/mol. The van der Waals surface area contributed by atoms with Crippen LogP contribution >= 0.6 is 11.6 Å². The van der Waals surface area contributed by atoms with Crippen LogP contribution in [-0.4, -0.2) is 18.8 Å². The highest BCUT2D eigenvalue weighted by molar-refractivity contribution is 6.31. The van der Waals surface area contributed by atoms with Gasteiger partial charge >= 0.3 is 0 Å². The number of methoxy groups -OCH3 is 1. The summed E-state index contributed by atoms with van der Waals surface area (Å²) in [6.45, 7) is 0.302. The lowest BCUT2D eigenvalue weighted by molar-refractivity contribution is 0.169. The third-order valence-electron chi connectivity index (χ3n) is 2.06. The fraction of sp³-hybridized carbons (Fsp3) is 0.400. The second kappa shape index (κ2) is 5.30. The van der Waals surface area contributed by atoms with Crippen LogP contribution in [0, 0.1) is 5.82 Å². The Morgan fingerprint density at radius 2 is 2.27 bits per heavy atom. The molecule has 1 aromatic carbocycles. The number of aliphatic hydroxyl groups is 1. The minimum atomic E-state index is -0.868. The Hall–Kier alpha value is -0.840. The van der Waals surface area contributed by atoms with Gasteiger partial charge in [-0.05, 0) is 19.0 Å². The summed E-state index contributed by atoms with van der Waals surface area (Å²) >= 11 is 5.72. The molecule has 0 heterocycles. The van der Waals surface area contributed by atoms with Crippen molar-refractivity contribution in [2.24, 2.45) is 5.73 Å². The van der Waals surface area contributed by atoms with Gasteiger partial charge in [-0.15, -0.1) is 0 Å². The minimum absolute atomic E-state index is 0.0863. The summed E-state index contributed by atoms with van der Waals surface area (Å²) in [5.41, 5.74) is 5.60. The quantitative estimate of drug-likeness (QED) is 0.835. The van der Waals surface area contributed by atoms with Crippen molar-refractivity contribution >= 4 is 11.6 Å². The first-order valence-corrected chi connectivity index (χ1v) is 4.89. The molecule has 15 heavy (non-hydrogen) atoms. The van der Waals surface area contributed by atoms with Crippen molar-refractivity contribution in [3.63, 3.8) is 0 Å². The molecule has 0 spiro atoms. The van der Waals surface area contributed by atoms with Crippen molar-refractivity contribution in [1.29, 1.82) is 0 Å². The predicted molar refractivity (Wildman–Crippen MR) is 56.6 cm³/mol. The van der Waals surface area contributed by atoms with Gasteiger partial charge in [-0.1, -0.05) is 11.6 Å². The van der Waals surface area contributed by atoms with Gasteiger partial charge in [0.25, 0.3) is 0 Å². The predicted octanol–water partition coefficient (Wildman–Crippen LogP) is 1.87. The van der Waals surface area contributed by atoms with E-state index in [1.807, 2.05) is 0 Å². The van der Waals surface area contributed by atoms with Gasteiger partial charge < -0.3 is 15.6 Å². The van der Waals surface area contributed by atoms with Gasteiger partial charge in [0.2, 0.25) is 0 Å². The van der Waals surface area contributed by atoms with Gasteiger partial charge in [0.15, 0.2) is 0 Å². The Kier molecular flexibility index (Phi) is 4.32. The van der Waals surface area contributed by atoms with Crippen LogP contribution in [0.2, 0.25) is 5.02 Å². The van der Waals surface area contributed by atoms with Gasteiger partial charge in [0.05, 0.1) is 18.2 Å². The largest absolute Gasteiger partial charge is 0.497 e. The lowest BCUT2D eigenvalue weighted by atomic mass is 10.1. The van der Waals surface area contributed by atoms with Gasteiger partial charge in [0, 0.05) is 11.6 Å². The number of halogens is 2. The summed E-state index contributed by atoms with van der Waals surface area (Å²) in [7, 11) is 1.42. The number of hydrogen-bond donors (Lipinski definition) is 2. The van der Waals surface area contributed by atoms with E-state index >= 15 is 0 Å². The first kappa shape index (κ1) is 12.2. The molecule has 0 radical (unpaired) electrons. The van der Waals surface area contributed by atoms with Gasteiger partial charge in [-0.2, -0.15) is 0 Å². The summed E-state index contributed by atoms with van der Waals surface area (Å²) in [5.74, 6) is -0.287. The van der Waals surface area contributed by atoms with E-state index < -0.39 is 11.9 Å². The van der Waals surface area contributed by atoms with Gasteiger partial charge in [-0.3, -0.25) is 0 Å². The second-order valence-corrected chi connectivity index (χ2v) is 3.48. The van der Waals surface area contributed by atoms with E-state index in [1.54, 1.807) is 0 Å². The maximum atomic E-state index is 13.3. The maximum absolute atomic E-state index is 13.3. The molecule has 0 aliphatic rings. The Morgan fingerprint density at radius 1 is 1.60 bits per heavy atom. The summed E-state index contributed by atoms with van der Waals surface area (Å²) in [6.07, 6.45) is -0.543. The van der Waals surface area contributed by atoms with E-state index in [9.17, 15) is 9.50 Å². The lowest BCUT2D eigenvalue weighted by Crippen LogP contribution is -2.08. The average Bonchev–Trinajstić information content (AvgIpc) is 2.22. The number of rotatable bonds is 4. The van der Waals surface area contributed by atoms with Crippen LogP contribution in [0.15, 0.2) is 12.1 Å². The summed E-state index contributed by atoms with van der Waals surface area (Å²) in [5, 5.41) is 9.57. The fourth-order valence-electron chi connectivity index (χ4n) is 1.26. The smallest absolute Gasteiger partial charge is 0.145 e. The molecule has 5 heteroatoms. The molecule has 0 bridgehead atoms. The molecule has 1 rings (SSSR count). The van der Waals surface area contributed by atoms with Crippen molar-refractivity contribution in [1.82, 2.24) is 0 Å². The standard InChI is InChI=1S/C10H13ClFNO2/c1-15-6-4-7(9(14)2-3-13)10(11)8(12)5-6/h4-5,9,14H,2-3,13H2,1H3. The molecule has 0 amide bonds. The molecule has 0 saturated heterocycles. The molecule has 1 atom stereocenters. The van der Waals surface area contributed by atoms with Crippen molar-refractivity contribution < 1.29 is 14.2 Å². The normalized spacial score (nSPS) is 12.6. The van der Waals surface area contributed by atoms with E-state index in [0.29, 0.717) is 24.3 Å². The van der Waals surface area contributed by atoms with Crippen LogP contribution in [0.1, 0.15) is 18.1 Å². The number of ether oxygens (including phenoxy) is 1. The monoisotopic (exact) mass is 233 g/mol. The van der Waals surface area contributed by atoms with Crippen LogP contribution in [0.5, 0.6) is 5.75 Å². The van der Waals surface area contributed by atoms with E-state index in [4.69, 9.17) is 22.1 Å². The average molecular weight is 234 g/mol. The van der Waals surface area contributed by atoms with Gasteiger partial charge in [0.1, 0.15) is 11.6 Å². The van der Waals surface area contributed by atoms with Crippen LogP contribution in [0.3, 0.4) is 0 Å². The van der Waals surface area contributed by atoms with E-state index in [2.05, 4.69) is 0 Å². The van der Waals surface area contributed by atoms with Crippen molar-refractivity contribution in [2.75, 3.05) is 13.7 Å². The lowest BCUT2D eigenvalue weighted by Gasteiger charge is -2.13. The topological polar surface area (TPSA) is 55.5 Å². The highest BCUT2D eigenvalue weighted by Gasteiger charge is 2.16. The molecule has 0 fully saturated rings. The number of nitrogens with two attached hydrogens (primary N) is 1. The Bertz CT molecular complexity index is 346. The van der Waals surface area contributed by atoms with Crippen molar-refractivity contribution in [3.05, 3.63) is 28.5 Å². The molecule has 3 N–H and O–H groups in total. The highest BCUT2D eigenvalue weighted by atomic mass is 35.5. The third kappa shape index (κ3) is 2.81. The molecule has 3 nitrogen and oxygen atoms in total. The van der Waals surface area contributed by atoms with Crippen molar-refractivity contribution in [2.45, 2.75) is 12.5 Å². The molecule has 0 saturated carbocycles. The summed E-state index contributed by atoms with van der Waals surface area (Å²) in [4.78, 5) is 0. The number of hydrogen-bond acceptors (Lipinski definition) is 3. The Morgan fingerprint density at radius 3 is 2.80 bits per heavy atom. The number of aliphatic hydroxyl groups excluding tert-OH is 1. The molecule has 84 valence electrons. The molecule has 0 aliphatic heterocycles. The van der Waals surface area contributed by atoms with Crippen LogP contribution < -0.4 is 10.5 Å². The van der Waals surface area contributed by atoms with Crippen LogP contribution in [0.25, 0.3) is 0 Å². The van der Waals surface area contributed by atoms with Crippen LogP contribution in [0.4, 0.5) is 4.39 Å². The summed E-state index contributed by atoms with van der Waals surface area (Å²) in [6, 6.07) is 2.67. The maximum Gasteiger partial charge on any atom is 0.145 e. The Labute approximate surface area is 92.6 Å². The molecule has 0 aliphatic carbocycles. The first-order chi connectivity index (χ1) is 7.10. The molecular formula is C10H13ClFNO2. The van der Waals surface area contributed by atoms with E-state index in [0.717, 1.165) is 0 Å². The zero-order valence-electron chi connectivity index (χ0n) is 8.34.